The van der Waals surface area contributed by atoms with E-state index in [1.807, 2.05) is 0 Å². The van der Waals surface area contributed by atoms with E-state index in [4.69, 9.17) is 16.3 Å². The Labute approximate surface area is 93.4 Å². The molecule has 6 heteroatoms. The molecule has 0 saturated heterocycles. The molecule has 0 aliphatic carbocycles. The van der Waals surface area contributed by atoms with E-state index in [9.17, 15) is 8.78 Å². The number of halogens is 4. The minimum atomic E-state index is -2.63. The van der Waals surface area contributed by atoms with E-state index in [1.54, 1.807) is 0 Å². The molecule has 1 heterocycles. The largest absolute Gasteiger partial charge is 0.495 e. The van der Waals surface area contributed by atoms with Gasteiger partial charge in [0, 0.05) is 5.56 Å². The molecular formula is C8H7BrClF2NO. The van der Waals surface area contributed by atoms with Crippen molar-refractivity contribution in [3.63, 3.8) is 0 Å². The van der Waals surface area contributed by atoms with Crippen LogP contribution in [0, 0.1) is 0 Å². The van der Waals surface area contributed by atoms with E-state index < -0.39 is 6.43 Å². The van der Waals surface area contributed by atoms with Crippen molar-refractivity contribution in [2.45, 2.75) is 12.3 Å². The molecular weight excluding hydrogens is 279 g/mol. The van der Waals surface area contributed by atoms with Gasteiger partial charge in [-0.2, -0.15) is 0 Å². The molecule has 1 aromatic heterocycles. The van der Waals surface area contributed by atoms with Crippen molar-refractivity contribution in [3.8, 4) is 5.75 Å². The Hall–Kier alpha value is -0.420. The topological polar surface area (TPSA) is 22.1 Å². The number of aromatic nitrogens is 1. The zero-order valence-electron chi connectivity index (χ0n) is 7.23. The molecule has 0 amide bonds. The number of rotatable bonds is 3. The van der Waals surface area contributed by atoms with Crippen molar-refractivity contribution in [1.82, 2.24) is 4.98 Å². The maximum Gasteiger partial charge on any atom is 0.267 e. The van der Waals surface area contributed by atoms with Crippen molar-refractivity contribution in [2.75, 3.05) is 7.11 Å². The summed E-state index contributed by atoms with van der Waals surface area (Å²) in [5, 5.41) is 0. The molecule has 0 saturated carbocycles. The van der Waals surface area contributed by atoms with Crippen molar-refractivity contribution in [3.05, 3.63) is 21.9 Å². The summed E-state index contributed by atoms with van der Waals surface area (Å²) < 4.78 is 30.4. The summed E-state index contributed by atoms with van der Waals surface area (Å²) in [6.07, 6.45) is -1.39. The molecule has 0 N–H and O–H groups in total. The fourth-order valence-electron chi connectivity index (χ4n) is 1.05. The molecule has 0 bridgehead atoms. The van der Waals surface area contributed by atoms with Crippen LogP contribution in [-0.4, -0.2) is 12.1 Å². The van der Waals surface area contributed by atoms with Gasteiger partial charge in [-0.1, -0.05) is 0 Å². The van der Waals surface area contributed by atoms with E-state index in [0.29, 0.717) is 4.60 Å². The van der Waals surface area contributed by atoms with Gasteiger partial charge in [-0.25, -0.2) is 13.8 Å². The third kappa shape index (κ3) is 2.15. The Balaban J connectivity index is 3.36. The van der Waals surface area contributed by atoms with E-state index >= 15 is 0 Å². The molecule has 1 aromatic rings. The predicted molar refractivity (Wildman–Crippen MR) is 53.0 cm³/mol. The Morgan fingerprint density at radius 2 is 2.29 bits per heavy atom. The maximum absolute atomic E-state index is 12.7. The fraction of sp³-hybridized carbons (Fsp3) is 0.375. The van der Waals surface area contributed by atoms with Crippen LogP contribution < -0.4 is 4.74 Å². The van der Waals surface area contributed by atoms with Gasteiger partial charge in [-0.05, 0) is 15.9 Å². The molecule has 0 aliphatic heterocycles. The van der Waals surface area contributed by atoms with Crippen molar-refractivity contribution in [1.29, 1.82) is 0 Å². The highest BCUT2D eigenvalue weighted by Gasteiger charge is 2.21. The highest BCUT2D eigenvalue weighted by Crippen LogP contribution is 2.35. The highest BCUT2D eigenvalue weighted by atomic mass is 79.9. The van der Waals surface area contributed by atoms with Gasteiger partial charge in [-0.3, -0.25) is 0 Å². The van der Waals surface area contributed by atoms with E-state index in [1.165, 1.54) is 13.3 Å². The zero-order valence-corrected chi connectivity index (χ0v) is 9.57. The van der Waals surface area contributed by atoms with Gasteiger partial charge >= 0.3 is 0 Å². The van der Waals surface area contributed by atoms with Crippen LogP contribution in [0.15, 0.2) is 10.8 Å². The monoisotopic (exact) mass is 285 g/mol. The van der Waals surface area contributed by atoms with Gasteiger partial charge in [0.05, 0.1) is 24.8 Å². The Bertz CT molecular complexity index is 335. The van der Waals surface area contributed by atoms with Crippen LogP contribution in [0.25, 0.3) is 0 Å². The second kappa shape index (κ2) is 4.89. The number of pyridine rings is 1. The van der Waals surface area contributed by atoms with Crippen LogP contribution in [0.2, 0.25) is 0 Å². The standard InChI is InChI=1S/C8H7BrClF2NO/c1-14-5-3-13-7(9)4(2-10)6(5)8(11)12/h3,8H,2H2,1H3. The summed E-state index contributed by atoms with van der Waals surface area (Å²) in [4.78, 5) is 3.84. The summed E-state index contributed by atoms with van der Waals surface area (Å²) in [6.45, 7) is 0. The molecule has 2 nitrogen and oxygen atoms in total. The average Bonchev–Trinajstić information content (AvgIpc) is 2.17. The zero-order chi connectivity index (χ0) is 10.7. The lowest BCUT2D eigenvalue weighted by Gasteiger charge is -2.12. The summed E-state index contributed by atoms with van der Waals surface area (Å²) in [6, 6.07) is 0. The SMILES string of the molecule is COc1cnc(Br)c(CCl)c1C(F)F. The lowest BCUT2D eigenvalue weighted by Crippen LogP contribution is -2.00. The molecule has 0 unspecified atom stereocenters. The van der Waals surface area contributed by atoms with E-state index in [2.05, 4.69) is 20.9 Å². The number of hydrogen-bond acceptors (Lipinski definition) is 2. The van der Waals surface area contributed by atoms with E-state index in [-0.39, 0.29) is 22.8 Å². The minimum absolute atomic E-state index is 0.0372. The minimum Gasteiger partial charge on any atom is -0.495 e. The first-order chi connectivity index (χ1) is 6.61. The second-order valence-electron chi connectivity index (χ2n) is 2.44. The van der Waals surface area contributed by atoms with Crippen LogP contribution >= 0.6 is 27.5 Å². The first kappa shape index (κ1) is 11.7. The second-order valence-corrected chi connectivity index (χ2v) is 3.46. The molecule has 0 aromatic carbocycles. The summed E-state index contributed by atoms with van der Waals surface area (Å²) >= 11 is 8.61. The lowest BCUT2D eigenvalue weighted by atomic mass is 10.1. The summed E-state index contributed by atoms with van der Waals surface area (Å²) in [7, 11) is 1.31. The van der Waals surface area contributed by atoms with Crippen molar-refractivity contribution in [2.24, 2.45) is 0 Å². The number of nitrogens with zero attached hydrogens (tertiary/aromatic N) is 1. The normalized spacial score (nSPS) is 10.7. The lowest BCUT2D eigenvalue weighted by molar-refractivity contribution is 0.146. The number of hydrogen-bond donors (Lipinski definition) is 0. The molecule has 0 aliphatic rings. The Kier molecular flexibility index (Phi) is 4.07. The van der Waals surface area contributed by atoms with Gasteiger partial charge in [-0.15, -0.1) is 11.6 Å². The van der Waals surface area contributed by atoms with Crippen LogP contribution in [0.3, 0.4) is 0 Å². The molecule has 14 heavy (non-hydrogen) atoms. The van der Waals surface area contributed by atoms with Gasteiger partial charge in [0.2, 0.25) is 0 Å². The van der Waals surface area contributed by atoms with E-state index in [0.717, 1.165) is 0 Å². The summed E-state index contributed by atoms with van der Waals surface area (Å²) in [5.41, 5.74) is 0.0605. The number of ether oxygens (including phenoxy) is 1. The van der Waals surface area contributed by atoms with Crippen molar-refractivity contribution < 1.29 is 13.5 Å². The van der Waals surface area contributed by atoms with Gasteiger partial charge in [0.1, 0.15) is 10.4 Å². The molecule has 78 valence electrons. The van der Waals surface area contributed by atoms with Crippen molar-refractivity contribution >= 4 is 27.5 Å². The Morgan fingerprint density at radius 1 is 1.64 bits per heavy atom. The molecule has 0 radical (unpaired) electrons. The number of methoxy groups -OCH3 is 1. The highest BCUT2D eigenvalue weighted by molar-refractivity contribution is 9.10. The molecule has 0 spiro atoms. The molecule has 1 rings (SSSR count). The van der Waals surface area contributed by atoms with Gasteiger partial charge < -0.3 is 4.74 Å². The third-order valence-corrected chi connectivity index (χ3v) is 2.66. The van der Waals surface area contributed by atoms with Crippen LogP contribution in [0.4, 0.5) is 8.78 Å². The Morgan fingerprint density at radius 3 is 2.71 bits per heavy atom. The molecule has 0 fully saturated rings. The van der Waals surface area contributed by atoms with Gasteiger partial charge in [0.25, 0.3) is 6.43 Å². The first-order valence-electron chi connectivity index (χ1n) is 3.67. The van der Waals surface area contributed by atoms with Crippen LogP contribution in [0.5, 0.6) is 5.75 Å². The van der Waals surface area contributed by atoms with Gasteiger partial charge in [0.15, 0.2) is 0 Å². The number of alkyl halides is 3. The van der Waals surface area contributed by atoms with Crippen LogP contribution in [-0.2, 0) is 5.88 Å². The van der Waals surface area contributed by atoms with Crippen LogP contribution in [0.1, 0.15) is 17.6 Å². The predicted octanol–water partition coefficient (Wildman–Crippen LogP) is 3.53. The smallest absolute Gasteiger partial charge is 0.267 e. The summed E-state index contributed by atoms with van der Waals surface area (Å²) in [5.74, 6) is 0.0172. The quantitative estimate of drug-likeness (QED) is 0.626. The first-order valence-corrected chi connectivity index (χ1v) is 5.00. The average molecular weight is 287 g/mol. The molecule has 0 atom stereocenters. The maximum atomic E-state index is 12.7. The fourth-order valence-corrected chi connectivity index (χ4v) is 1.94. The third-order valence-electron chi connectivity index (χ3n) is 1.71.